The van der Waals surface area contributed by atoms with Gasteiger partial charge in [-0.1, -0.05) is 12.1 Å². The van der Waals surface area contributed by atoms with Gasteiger partial charge in [-0.3, -0.25) is 14.5 Å². The maximum atomic E-state index is 11.6. The number of benzene rings is 1. The average Bonchev–Trinajstić information content (AvgIpc) is 2.51. The first-order valence-corrected chi connectivity index (χ1v) is 7.71. The summed E-state index contributed by atoms with van der Waals surface area (Å²) in [6.07, 6.45) is 2.51. The number of hydrogen-bond donors (Lipinski definition) is 1. The van der Waals surface area contributed by atoms with E-state index in [1.54, 1.807) is 0 Å². The molecule has 1 aromatic carbocycles. The van der Waals surface area contributed by atoms with Crippen molar-refractivity contribution in [3.63, 3.8) is 0 Å². The highest BCUT2D eigenvalue weighted by Gasteiger charge is 2.15. The number of aromatic nitrogens is 1. The van der Waals surface area contributed by atoms with Crippen molar-refractivity contribution < 1.29 is 9.53 Å². The van der Waals surface area contributed by atoms with E-state index in [2.05, 4.69) is 9.88 Å². The number of para-hydroxylation sites is 1. The topological polar surface area (TPSA) is 62.4 Å². The van der Waals surface area contributed by atoms with Crippen LogP contribution in [-0.2, 0) is 4.79 Å². The second kappa shape index (κ2) is 6.75. The maximum Gasteiger partial charge on any atom is 0.252 e. The molecule has 1 aliphatic heterocycles. The lowest BCUT2D eigenvalue weighted by Gasteiger charge is -2.25. The molecular weight excluding hydrogens is 280 g/mol. The van der Waals surface area contributed by atoms with Crippen molar-refractivity contribution >= 4 is 16.7 Å². The molecule has 0 aliphatic carbocycles. The number of Topliss-reactive ketones (excluding diaryl/α,β-unsaturated/α-hetero) is 1. The van der Waals surface area contributed by atoms with E-state index in [-0.39, 0.29) is 5.56 Å². The molecule has 2 aromatic rings. The van der Waals surface area contributed by atoms with E-state index < -0.39 is 0 Å². The zero-order valence-corrected chi connectivity index (χ0v) is 12.5. The van der Waals surface area contributed by atoms with E-state index in [9.17, 15) is 9.59 Å². The monoisotopic (exact) mass is 300 g/mol. The van der Waals surface area contributed by atoms with Crippen molar-refractivity contribution in [1.29, 1.82) is 0 Å². The van der Waals surface area contributed by atoms with Crippen LogP contribution >= 0.6 is 0 Å². The van der Waals surface area contributed by atoms with E-state index in [0.717, 1.165) is 36.8 Å². The number of ketones is 1. The van der Waals surface area contributed by atoms with Crippen LogP contribution in [0, 0.1) is 0 Å². The van der Waals surface area contributed by atoms with Crippen LogP contribution in [-0.4, -0.2) is 41.9 Å². The summed E-state index contributed by atoms with van der Waals surface area (Å²) in [7, 11) is 0. The van der Waals surface area contributed by atoms with Gasteiger partial charge in [0.05, 0.1) is 18.7 Å². The molecule has 3 rings (SSSR count). The molecule has 0 saturated carbocycles. The Kier molecular flexibility index (Phi) is 4.53. The van der Waals surface area contributed by atoms with Crippen LogP contribution in [0.25, 0.3) is 10.9 Å². The fourth-order valence-corrected chi connectivity index (χ4v) is 2.86. The van der Waals surface area contributed by atoms with Crippen molar-refractivity contribution in [2.24, 2.45) is 0 Å². The van der Waals surface area contributed by atoms with Gasteiger partial charge in [0.2, 0.25) is 0 Å². The van der Waals surface area contributed by atoms with Crippen LogP contribution in [0.3, 0.4) is 0 Å². The lowest BCUT2D eigenvalue weighted by Crippen LogP contribution is -2.36. The number of nitrogens with zero attached hydrogens (tertiary/aromatic N) is 1. The van der Waals surface area contributed by atoms with E-state index in [1.165, 1.54) is 6.07 Å². The van der Waals surface area contributed by atoms with E-state index >= 15 is 0 Å². The molecule has 0 radical (unpaired) electrons. The van der Waals surface area contributed by atoms with Gasteiger partial charge in [-0.15, -0.1) is 0 Å². The molecule has 0 amide bonds. The highest BCUT2D eigenvalue weighted by atomic mass is 16.5. The fraction of sp³-hybridized carbons (Fsp3) is 0.412. The lowest BCUT2D eigenvalue weighted by molar-refractivity contribution is -0.122. The standard InChI is InChI=1S/C17H20N2O3/c20-13-5-3-8-19(12-13)9-4-10-22-16-11-17(21)18-15-7-2-1-6-14(15)16/h1-2,6-7,11H,3-5,8-10,12H2,(H,18,21). The number of fused-ring (bicyclic) bond motifs is 1. The summed E-state index contributed by atoms with van der Waals surface area (Å²) in [6, 6.07) is 9.10. The maximum absolute atomic E-state index is 11.6. The largest absolute Gasteiger partial charge is 0.493 e. The third kappa shape index (κ3) is 3.54. The quantitative estimate of drug-likeness (QED) is 0.858. The first-order chi connectivity index (χ1) is 10.7. The third-order valence-electron chi connectivity index (χ3n) is 3.92. The van der Waals surface area contributed by atoms with Gasteiger partial charge in [-0.05, 0) is 31.5 Å². The van der Waals surface area contributed by atoms with Crippen molar-refractivity contribution in [2.45, 2.75) is 19.3 Å². The minimum Gasteiger partial charge on any atom is -0.493 e. The number of carbonyl (C=O) groups is 1. The van der Waals surface area contributed by atoms with Gasteiger partial charge in [0.25, 0.3) is 5.56 Å². The molecule has 5 nitrogen and oxygen atoms in total. The van der Waals surface area contributed by atoms with Crippen LogP contribution in [0.5, 0.6) is 5.75 Å². The van der Waals surface area contributed by atoms with Crippen molar-refractivity contribution in [2.75, 3.05) is 26.2 Å². The number of H-pyrrole nitrogens is 1. The minimum atomic E-state index is -0.157. The molecular formula is C17H20N2O3. The Morgan fingerprint density at radius 1 is 1.23 bits per heavy atom. The third-order valence-corrected chi connectivity index (χ3v) is 3.92. The molecule has 1 N–H and O–H groups in total. The number of rotatable bonds is 5. The van der Waals surface area contributed by atoms with Crippen LogP contribution < -0.4 is 10.3 Å². The summed E-state index contributed by atoms with van der Waals surface area (Å²) in [5.41, 5.74) is 0.627. The Labute approximate surface area is 128 Å². The van der Waals surface area contributed by atoms with Crippen LogP contribution in [0.4, 0.5) is 0 Å². The second-order valence-corrected chi connectivity index (χ2v) is 5.66. The van der Waals surface area contributed by atoms with Crippen LogP contribution in [0.2, 0.25) is 0 Å². The van der Waals surface area contributed by atoms with Gasteiger partial charge in [-0.2, -0.15) is 0 Å². The Morgan fingerprint density at radius 2 is 2.09 bits per heavy atom. The molecule has 1 saturated heterocycles. The normalized spacial score (nSPS) is 16.1. The lowest BCUT2D eigenvalue weighted by atomic mass is 10.1. The molecule has 22 heavy (non-hydrogen) atoms. The Morgan fingerprint density at radius 3 is 2.95 bits per heavy atom. The first kappa shape index (κ1) is 14.8. The molecule has 0 bridgehead atoms. The zero-order valence-electron chi connectivity index (χ0n) is 12.5. The number of pyridine rings is 1. The van der Waals surface area contributed by atoms with Gasteiger partial charge in [-0.25, -0.2) is 0 Å². The summed E-state index contributed by atoms with van der Waals surface area (Å²) in [5.74, 6) is 0.946. The Balaban J connectivity index is 1.58. The number of nitrogens with one attached hydrogen (secondary N) is 1. The van der Waals surface area contributed by atoms with Crippen LogP contribution in [0.1, 0.15) is 19.3 Å². The second-order valence-electron chi connectivity index (χ2n) is 5.66. The molecule has 5 heteroatoms. The molecule has 0 unspecified atom stereocenters. The minimum absolute atomic E-state index is 0.157. The summed E-state index contributed by atoms with van der Waals surface area (Å²) in [6.45, 7) is 2.94. The highest BCUT2D eigenvalue weighted by molar-refractivity contribution is 5.84. The molecule has 0 atom stereocenters. The predicted molar refractivity (Wildman–Crippen MR) is 85.4 cm³/mol. The number of carbonyl (C=O) groups excluding carboxylic acids is 1. The van der Waals surface area contributed by atoms with Gasteiger partial charge in [0.15, 0.2) is 0 Å². The number of aromatic amines is 1. The Bertz CT molecular complexity index is 723. The molecule has 116 valence electrons. The predicted octanol–water partition coefficient (Wildman–Crippen LogP) is 1.96. The zero-order chi connectivity index (χ0) is 15.4. The molecule has 0 spiro atoms. The van der Waals surface area contributed by atoms with E-state index in [4.69, 9.17) is 4.74 Å². The Hall–Kier alpha value is -2.14. The highest BCUT2D eigenvalue weighted by Crippen LogP contribution is 2.21. The molecule has 1 aliphatic rings. The summed E-state index contributed by atoms with van der Waals surface area (Å²) in [4.78, 5) is 28.0. The number of ether oxygens (including phenoxy) is 1. The average molecular weight is 300 g/mol. The van der Waals surface area contributed by atoms with Gasteiger partial charge in [0, 0.05) is 24.4 Å². The van der Waals surface area contributed by atoms with Crippen molar-refractivity contribution in [3.05, 3.63) is 40.7 Å². The fourth-order valence-electron chi connectivity index (χ4n) is 2.86. The van der Waals surface area contributed by atoms with Gasteiger partial charge in [0.1, 0.15) is 11.5 Å². The van der Waals surface area contributed by atoms with Crippen LogP contribution in [0.15, 0.2) is 35.1 Å². The summed E-state index contributed by atoms with van der Waals surface area (Å²) >= 11 is 0. The summed E-state index contributed by atoms with van der Waals surface area (Å²) in [5, 5.41) is 0.912. The van der Waals surface area contributed by atoms with Crippen molar-refractivity contribution in [3.8, 4) is 5.75 Å². The number of hydrogen-bond acceptors (Lipinski definition) is 4. The number of likely N-dealkylation sites (tertiary alicyclic amines) is 1. The van der Waals surface area contributed by atoms with E-state index in [1.807, 2.05) is 24.3 Å². The van der Waals surface area contributed by atoms with Crippen molar-refractivity contribution in [1.82, 2.24) is 9.88 Å². The number of piperidine rings is 1. The van der Waals surface area contributed by atoms with Gasteiger partial charge < -0.3 is 9.72 Å². The van der Waals surface area contributed by atoms with E-state index in [0.29, 0.717) is 31.1 Å². The molecule has 2 heterocycles. The smallest absolute Gasteiger partial charge is 0.252 e. The van der Waals surface area contributed by atoms with Gasteiger partial charge >= 0.3 is 0 Å². The first-order valence-electron chi connectivity index (χ1n) is 7.71. The molecule has 1 fully saturated rings. The molecule has 1 aromatic heterocycles. The summed E-state index contributed by atoms with van der Waals surface area (Å²) < 4.78 is 5.79. The SMILES string of the molecule is O=C1CCCN(CCCOc2cc(=O)[nH]c3ccccc23)C1.